The summed E-state index contributed by atoms with van der Waals surface area (Å²) in [5, 5.41) is 8.80. The van der Waals surface area contributed by atoms with E-state index in [1.165, 1.54) is 31.0 Å². The maximum absolute atomic E-state index is 12.8. The molecule has 2 aromatic carbocycles. The maximum Gasteiger partial charge on any atom is 0.322 e. The number of rotatable bonds is 8. The first-order valence-corrected chi connectivity index (χ1v) is 13.0. The molecule has 0 spiro atoms. The Labute approximate surface area is 203 Å². The van der Waals surface area contributed by atoms with E-state index in [4.69, 9.17) is 27.9 Å². The fraction of sp³-hybridized carbons (Fsp3) is 0.364. The summed E-state index contributed by atoms with van der Waals surface area (Å²) in [5.74, 6) is 1.09. The molecule has 1 aliphatic heterocycles. The van der Waals surface area contributed by atoms with E-state index in [-0.39, 0.29) is 14.9 Å². The van der Waals surface area contributed by atoms with Crippen LogP contribution in [0.1, 0.15) is 38.6 Å². The highest BCUT2D eigenvalue weighted by Gasteiger charge is 2.25. The molecule has 3 aromatic rings. The predicted molar refractivity (Wildman–Crippen MR) is 129 cm³/mol. The van der Waals surface area contributed by atoms with E-state index in [1.807, 2.05) is 25.1 Å². The van der Waals surface area contributed by atoms with Crippen LogP contribution in [-0.2, 0) is 16.6 Å². The first kappa shape index (κ1) is 23.8. The van der Waals surface area contributed by atoms with Gasteiger partial charge in [0.05, 0.1) is 21.0 Å². The first-order chi connectivity index (χ1) is 15.8. The number of anilines is 1. The van der Waals surface area contributed by atoms with E-state index in [2.05, 4.69) is 25.9 Å². The molecule has 1 aromatic heterocycles. The molecule has 176 valence electrons. The van der Waals surface area contributed by atoms with Crippen molar-refractivity contribution in [2.75, 3.05) is 18.0 Å². The highest BCUT2D eigenvalue weighted by molar-refractivity contribution is 7.89. The molecule has 8 nitrogen and oxygen atoms in total. The topological polar surface area (TPSA) is 89.3 Å². The molecule has 1 N–H and O–H groups in total. The number of hydrogen-bond acceptors (Lipinski definition) is 6. The summed E-state index contributed by atoms with van der Waals surface area (Å²) in [5.41, 5.74) is 1.11. The minimum Gasteiger partial charge on any atom is -0.424 e. The van der Waals surface area contributed by atoms with Gasteiger partial charge in [0, 0.05) is 31.4 Å². The Morgan fingerprint density at radius 2 is 1.85 bits per heavy atom. The molecule has 0 amide bonds. The third kappa shape index (κ3) is 5.27. The number of sulfonamides is 1. The van der Waals surface area contributed by atoms with E-state index >= 15 is 0 Å². The van der Waals surface area contributed by atoms with Crippen LogP contribution in [0.3, 0.4) is 0 Å². The zero-order valence-electron chi connectivity index (χ0n) is 18.3. The summed E-state index contributed by atoms with van der Waals surface area (Å²) in [4.78, 5) is 2.34. The Hall–Kier alpha value is -2.33. The van der Waals surface area contributed by atoms with Gasteiger partial charge in [-0.15, -0.1) is 5.10 Å². The monoisotopic (exact) mass is 509 g/mol. The fourth-order valence-electron chi connectivity index (χ4n) is 3.82. The molecule has 1 aliphatic rings. The lowest BCUT2D eigenvalue weighted by atomic mass is 10.3. The summed E-state index contributed by atoms with van der Waals surface area (Å²) in [6.07, 6.45) is 2.38. The average Bonchev–Trinajstić information content (AvgIpc) is 3.45. The summed E-state index contributed by atoms with van der Waals surface area (Å²) in [6.45, 7) is 6.19. The van der Waals surface area contributed by atoms with Gasteiger partial charge in [0.15, 0.2) is 5.82 Å². The van der Waals surface area contributed by atoms with Gasteiger partial charge < -0.3 is 9.64 Å². The van der Waals surface area contributed by atoms with Gasteiger partial charge in [0.25, 0.3) is 0 Å². The smallest absolute Gasteiger partial charge is 0.322 e. The summed E-state index contributed by atoms with van der Waals surface area (Å²) >= 11 is 11.9. The minimum absolute atomic E-state index is 0.0153. The molecule has 11 heteroatoms. The van der Waals surface area contributed by atoms with Gasteiger partial charge in [-0.2, -0.15) is 0 Å². The maximum atomic E-state index is 12.8. The van der Waals surface area contributed by atoms with Crippen LogP contribution in [0, 0.1) is 0 Å². The van der Waals surface area contributed by atoms with Crippen LogP contribution in [0.2, 0.25) is 10.0 Å². The normalized spacial score (nSPS) is 15.1. The first-order valence-electron chi connectivity index (χ1n) is 10.7. The summed E-state index contributed by atoms with van der Waals surface area (Å²) in [6, 6.07) is 11.6. The van der Waals surface area contributed by atoms with Gasteiger partial charge in [-0.1, -0.05) is 34.4 Å². The van der Waals surface area contributed by atoms with Crippen molar-refractivity contribution in [3.63, 3.8) is 0 Å². The number of ether oxygens (including phenoxy) is 1. The Kier molecular flexibility index (Phi) is 7.13. The van der Waals surface area contributed by atoms with Crippen LogP contribution >= 0.6 is 23.2 Å². The predicted octanol–water partition coefficient (Wildman–Crippen LogP) is 5.04. The molecule has 4 rings (SSSR count). The fourth-order valence-corrected chi connectivity index (χ4v) is 5.40. The third-order valence-electron chi connectivity index (χ3n) is 5.48. The summed E-state index contributed by atoms with van der Waals surface area (Å²) in [7, 11) is -3.86. The zero-order valence-corrected chi connectivity index (χ0v) is 20.7. The van der Waals surface area contributed by atoms with Gasteiger partial charge >= 0.3 is 6.01 Å². The standard InChI is InChI=1S/C22H25Cl2N5O3S/c1-3-29-21(15(2)27-33(30,31)18-9-10-19(23)20(24)14-18)25-26-22(29)32-17-8-6-7-16(13-17)28-11-4-5-12-28/h6-10,13-15,27H,3-5,11-12H2,1-2H3/t15-/m1/s1. The second-order valence-electron chi connectivity index (χ2n) is 7.80. The van der Waals surface area contributed by atoms with Gasteiger partial charge in [-0.05, 0) is 57.0 Å². The van der Waals surface area contributed by atoms with E-state index in [0.717, 1.165) is 18.8 Å². The molecule has 0 saturated carbocycles. The van der Waals surface area contributed by atoms with Crippen molar-refractivity contribution < 1.29 is 13.2 Å². The van der Waals surface area contributed by atoms with Crippen LogP contribution in [-0.4, -0.2) is 36.3 Å². The number of nitrogens with one attached hydrogen (secondary N) is 1. The molecule has 0 unspecified atom stereocenters. The van der Waals surface area contributed by atoms with Gasteiger partial charge in [-0.25, -0.2) is 13.1 Å². The largest absolute Gasteiger partial charge is 0.424 e. The van der Waals surface area contributed by atoms with Gasteiger partial charge in [0.1, 0.15) is 5.75 Å². The second-order valence-corrected chi connectivity index (χ2v) is 10.3. The van der Waals surface area contributed by atoms with Gasteiger partial charge in [0.2, 0.25) is 10.0 Å². The molecular weight excluding hydrogens is 485 g/mol. The van der Waals surface area contributed by atoms with Crippen LogP contribution in [0.5, 0.6) is 11.8 Å². The zero-order chi connectivity index (χ0) is 23.6. The van der Waals surface area contributed by atoms with E-state index in [1.54, 1.807) is 11.5 Å². The van der Waals surface area contributed by atoms with E-state index in [0.29, 0.717) is 24.1 Å². The Balaban J connectivity index is 1.53. The Morgan fingerprint density at radius 1 is 1.09 bits per heavy atom. The molecule has 0 radical (unpaired) electrons. The van der Waals surface area contributed by atoms with Crippen LogP contribution in [0.4, 0.5) is 5.69 Å². The molecule has 33 heavy (non-hydrogen) atoms. The average molecular weight is 510 g/mol. The SMILES string of the molecule is CCn1c(Oc2cccc(N3CCCC3)c2)nnc1[C@@H](C)NS(=O)(=O)c1ccc(Cl)c(Cl)c1. The molecule has 2 heterocycles. The van der Waals surface area contributed by atoms with Crippen LogP contribution in [0.25, 0.3) is 0 Å². The number of nitrogens with zero attached hydrogens (tertiary/aromatic N) is 4. The van der Waals surface area contributed by atoms with Crippen LogP contribution < -0.4 is 14.4 Å². The van der Waals surface area contributed by atoms with Crippen molar-refractivity contribution in [1.82, 2.24) is 19.5 Å². The molecule has 0 bridgehead atoms. The van der Waals surface area contributed by atoms with E-state index in [9.17, 15) is 8.42 Å². The van der Waals surface area contributed by atoms with Crippen molar-refractivity contribution in [3.8, 4) is 11.8 Å². The molecule has 1 fully saturated rings. The quantitative estimate of drug-likeness (QED) is 0.457. The van der Waals surface area contributed by atoms with Crippen molar-refractivity contribution in [2.24, 2.45) is 0 Å². The lowest BCUT2D eigenvalue weighted by Crippen LogP contribution is -2.29. The van der Waals surface area contributed by atoms with E-state index < -0.39 is 16.1 Å². The van der Waals surface area contributed by atoms with Crippen molar-refractivity contribution >= 4 is 38.9 Å². The lowest BCUT2D eigenvalue weighted by Gasteiger charge is -2.18. The number of benzene rings is 2. The number of aromatic nitrogens is 3. The second kappa shape index (κ2) is 9.89. The van der Waals surface area contributed by atoms with Gasteiger partial charge in [-0.3, -0.25) is 4.57 Å². The lowest BCUT2D eigenvalue weighted by molar-refractivity contribution is 0.408. The number of hydrogen-bond donors (Lipinski definition) is 1. The molecule has 1 saturated heterocycles. The highest BCUT2D eigenvalue weighted by atomic mass is 35.5. The molecule has 0 aliphatic carbocycles. The number of halogens is 2. The van der Waals surface area contributed by atoms with Crippen molar-refractivity contribution in [3.05, 3.63) is 58.3 Å². The highest BCUT2D eigenvalue weighted by Crippen LogP contribution is 2.29. The van der Waals surface area contributed by atoms with Crippen molar-refractivity contribution in [2.45, 2.75) is 44.2 Å². The van der Waals surface area contributed by atoms with Crippen LogP contribution in [0.15, 0.2) is 47.4 Å². The Bertz CT molecular complexity index is 1240. The Morgan fingerprint density at radius 3 is 2.55 bits per heavy atom. The third-order valence-corrected chi connectivity index (χ3v) is 7.76. The molecular formula is C22H25Cl2N5O3S. The molecule has 1 atom stereocenters. The summed E-state index contributed by atoms with van der Waals surface area (Å²) < 4.78 is 36.1. The minimum atomic E-state index is -3.86. The van der Waals surface area contributed by atoms with Crippen molar-refractivity contribution in [1.29, 1.82) is 0 Å².